The topological polar surface area (TPSA) is 98.5 Å². The minimum atomic E-state index is -3.91. The third-order valence-corrected chi connectivity index (χ3v) is 6.94. The lowest BCUT2D eigenvalue weighted by molar-refractivity contribution is 0.0599. The fraction of sp³-hybridized carbons (Fsp3) is 0.231. The molecular weight excluding hydrogens is 452 g/mol. The molecule has 3 aromatic carbocycles. The summed E-state index contributed by atoms with van der Waals surface area (Å²) >= 11 is 0. The second kappa shape index (κ2) is 8.61. The number of rotatable bonds is 5. The summed E-state index contributed by atoms with van der Waals surface area (Å²) in [7, 11) is -2.65. The number of aryl methyl sites for hydroxylation is 1. The number of hydrogen-bond acceptors (Lipinski definition) is 6. The lowest BCUT2D eigenvalue weighted by Gasteiger charge is -2.18. The molecule has 7 nitrogen and oxygen atoms in total. The Hall–Kier alpha value is -3.65. The summed E-state index contributed by atoms with van der Waals surface area (Å²) in [5.74, 6) is -0.136. The zero-order chi connectivity index (χ0) is 24.7. The number of aromatic nitrogens is 1. The van der Waals surface area contributed by atoms with Gasteiger partial charge in [0.25, 0.3) is 10.0 Å². The van der Waals surface area contributed by atoms with Gasteiger partial charge < -0.3 is 9.15 Å². The quantitative estimate of drug-likeness (QED) is 0.370. The van der Waals surface area contributed by atoms with Gasteiger partial charge in [-0.25, -0.2) is 18.2 Å². The standard InChI is InChI=1S/C26H26N2O5S/c1-16-6-12-20(15-21(16)25(29)32-5)34(30,31)28-19-10-7-17(8-11-19)24-27-22-14-18(26(2,3)4)9-13-23(22)33-24/h6-15,28H,1-5H3. The molecule has 1 heterocycles. The summed E-state index contributed by atoms with van der Waals surface area (Å²) in [6.45, 7) is 8.14. The van der Waals surface area contributed by atoms with Crippen LogP contribution in [-0.2, 0) is 20.2 Å². The van der Waals surface area contributed by atoms with E-state index in [1.807, 2.05) is 18.2 Å². The average molecular weight is 479 g/mol. The van der Waals surface area contributed by atoms with Gasteiger partial charge in [-0.15, -0.1) is 0 Å². The summed E-state index contributed by atoms with van der Waals surface area (Å²) in [5.41, 5.74) is 4.54. The number of nitrogens with zero attached hydrogens (tertiary/aromatic N) is 1. The number of sulfonamides is 1. The first kappa shape index (κ1) is 23.5. The van der Waals surface area contributed by atoms with Crippen LogP contribution in [0, 0.1) is 6.92 Å². The monoisotopic (exact) mass is 478 g/mol. The van der Waals surface area contributed by atoms with Gasteiger partial charge in [-0.1, -0.05) is 32.9 Å². The van der Waals surface area contributed by atoms with E-state index in [0.29, 0.717) is 22.7 Å². The number of nitrogens with one attached hydrogen (secondary N) is 1. The second-order valence-electron chi connectivity index (χ2n) is 9.10. The van der Waals surface area contributed by atoms with Crippen molar-refractivity contribution < 1.29 is 22.4 Å². The number of methoxy groups -OCH3 is 1. The lowest BCUT2D eigenvalue weighted by atomic mass is 9.87. The van der Waals surface area contributed by atoms with Crippen molar-refractivity contribution in [2.24, 2.45) is 0 Å². The molecule has 34 heavy (non-hydrogen) atoms. The molecule has 0 saturated carbocycles. The average Bonchev–Trinajstić information content (AvgIpc) is 3.22. The summed E-state index contributed by atoms with van der Waals surface area (Å²) in [6.07, 6.45) is 0. The van der Waals surface area contributed by atoms with Crippen LogP contribution < -0.4 is 4.72 Å². The van der Waals surface area contributed by atoms with Crippen molar-refractivity contribution >= 4 is 32.8 Å². The molecule has 1 N–H and O–H groups in total. The van der Waals surface area contributed by atoms with E-state index in [1.54, 1.807) is 37.3 Å². The Bertz CT molecular complexity index is 1480. The summed E-state index contributed by atoms with van der Waals surface area (Å²) < 4.78 is 38.9. The summed E-state index contributed by atoms with van der Waals surface area (Å²) in [4.78, 5) is 16.5. The maximum atomic E-state index is 12.9. The smallest absolute Gasteiger partial charge is 0.338 e. The highest BCUT2D eigenvalue weighted by Crippen LogP contribution is 2.30. The number of carbonyl (C=O) groups excluding carboxylic acids is 1. The van der Waals surface area contributed by atoms with Crippen molar-refractivity contribution in [3.05, 3.63) is 77.4 Å². The number of fused-ring (bicyclic) bond motifs is 1. The molecule has 176 valence electrons. The molecule has 0 radical (unpaired) electrons. The van der Waals surface area contributed by atoms with Gasteiger partial charge in [0.2, 0.25) is 5.89 Å². The number of carbonyl (C=O) groups is 1. The molecule has 0 fully saturated rings. The van der Waals surface area contributed by atoms with Crippen molar-refractivity contribution in [3.8, 4) is 11.5 Å². The van der Waals surface area contributed by atoms with E-state index < -0.39 is 16.0 Å². The van der Waals surface area contributed by atoms with Crippen molar-refractivity contribution in [3.63, 3.8) is 0 Å². The number of benzene rings is 3. The Balaban J connectivity index is 1.58. The molecule has 0 aliphatic heterocycles. The zero-order valence-electron chi connectivity index (χ0n) is 19.7. The van der Waals surface area contributed by atoms with E-state index in [0.717, 1.165) is 16.6 Å². The number of esters is 1. The van der Waals surface area contributed by atoms with Crippen LogP contribution in [0.3, 0.4) is 0 Å². The predicted molar refractivity (Wildman–Crippen MR) is 131 cm³/mol. The Morgan fingerprint density at radius 2 is 1.71 bits per heavy atom. The molecule has 0 atom stereocenters. The minimum absolute atomic E-state index is 0.00117. The van der Waals surface area contributed by atoms with E-state index in [9.17, 15) is 13.2 Å². The molecule has 4 rings (SSSR count). The number of oxazole rings is 1. The lowest BCUT2D eigenvalue weighted by Crippen LogP contribution is -2.14. The number of anilines is 1. The van der Waals surface area contributed by atoms with E-state index >= 15 is 0 Å². The van der Waals surface area contributed by atoms with E-state index in [-0.39, 0.29) is 15.9 Å². The minimum Gasteiger partial charge on any atom is -0.465 e. The van der Waals surface area contributed by atoms with Crippen molar-refractivity contribution in [2.75, 3.05) is 11.8 Å². The largest absolute Gasteiger partial charge is 0.465 e. The zero-order valence-corrected chi connectivity index (χ0v) is 20.5. The molecule has 0 spiro atoms. The van der Waals surface area contributed by atoms with Crippen molar-refractivity contribution in [2.45, 2.75) is 38.0 Å². The Morgan fingerprint density at radius 1 is 1.00 bits per heavy atom. The van der Waals surface area contributed by atoms with Crippen LogP contribution in [0.25, 0.3) is 22.6 Å². The van der Waals surface area contributed by atoms with Gasteiger partial charge in [0.05, 0.1) is 17.6 Å². The SMILES string of the molecule is COC(=O)c1cc(S(=O)(=O)Nc2ccc(-c3nc4cc(C(C)(C)C)ccc4o3)cc2)ccc1C. The van der Waals surface area contributed by atoms with Gasteiger partial charge in [-0.3, -0.25) is 4.72 Å². The Labute approximate surface area is 198 Å². The molecule has 8 heteroatoms. The van der Waals surface area contributed by atoms with Crippen molar-refractivity contribution in [1.82, 2.24) is 4.98 Å². The van der Waals surface area contributed by atoms with Crippen LogP contribution in [0.15, 0.2) is 70.0 Å². The number of hydrogen-bond donors (Lipinski definition) is 1. The van der Waals surface area contributed by atoms with Gasteiger partial charge in [0.15, 0.2) is 5.58 Å². The van der Waals surface area contributed by atoms with Gasteiger partial charge in [0.1, 0.15) is 5.52 Å². The molecule has 0 aliphatic rings. The fourth-order valence-electron chi connectivity index (χ4n) is 3.51. The molecular formula is C26H26N2O5S. The maximum Gasteiger partial charge on any atom is 0.338 e. The Morgan fingerprint density at radius 3 is 2.35 bits per heavy atom. The van der Waals surface area contributed by atoms with Crippen molar-refractivity contribution in [1.29, 1.82) is 0 Å². The molecule has 1 aromatic heterocycles. The van der Waals surface area contributed by atoms with Gasteiger partial charge in [0, 0.05) is 11.3 Å². The van der Waals surface area contributed by atoms with Crippen LogP contribution in [0.5, 0.6) is 0 Å². The van der Waals surface area contributed by atoms with E-state index in [1.165, 1.54) is 19.2 Å². The third kappa shape index (κ3) is 4.68. The Kier molecular flexibility index (Phi) is 5.95. The van der Waals surface area contributed by atoms with Crippen LogP contribution in [0.2, 0.25) is 0 Å². The maximum absolute atomic E-state index is 12.9. The normalized spacial score (nSPS) is 12.0. The highest BCUT2D eigenvalue weighted by Gasteiger charge is 2.19. The summed E-state index contributed by atoms with van der Waals surface area (Å²) in [5, 5.41) is 0. The molecule has 0 amide bonds. The first-order valence-electron chi connectivity index (χ1n) is 10.7. The van der Waals surface area contributed by atoms with Crippen LogP contribution in [0.4, 0.5) is 5.69 Å². The molecule has 0 saturated heterocycles. The first-order valence-corrected chi connectivity index (χ1v) is 12.2. The van der Waals surface area contributed by atoms with E-state index in [4.69, 9.17) is 9.15 Å². The highest BCUT2D eigenvalue weighted by atomic mass is 32.2. The van der Waals surface area contributed by atoms with Gasteiger partial charge >= 0.3 is 5.97 Å². The third-order valence-electron chi connectivity index (χ3n) is 5.56. The highest BCUT2D eigenvalue weighted by molar-refractivity contribution is 7.92. The van der Waals surface area contributed by atoms with Gasteiger partial charge in [-0.05, 0) is 72.0 Å². The summed E-state index contributed by atoms with van der Waals surface area (Å²) in [6, 6.07) is 17.0. The molecule has 0 unspecified atom stereocenters. The number of ether oxygens (including phenoxy) is 1. The van der Waals surface area contributed by atoms with Crippen LogP contribution >= 0.6 is 0 Å². The molecule has 0 bridgehead atoms. The second-order valence-corrected chi connectivity index (χ2v) is 10.8. The van der Waals surface area contributed by atoms with Crippen LogP contribution in [-0.4, -0.2) is 26.5 Å². The first-order chi connectivity index (χ1) is 16.0. The molecule has 4 aromatic rings. The van der Waals surface area contributed by atoms with Crippen LogP contribution in [0.1, 0.15) is 42.3 Å². The van der Waals surface area contributed by atoms with E-state index in [2.05, 4.69) is 30.5 Å². The van der Waals surface area contributed by atoms with Gasteiger partial charge in [-0.2, -0.15) is 0 Å². The predicted octanol–water partition coefficient (Wildman–Crippen LogP) is 5.69. The fourth-order valence-corrected chi connectivity index (χ4v) is 4.59. The molecule has 0 aliphatic carbocycles.